The average Bonchev–Trinajstić information content (AvgIpc) is 2.40. The van der Waals surface area contributed by atoms with Gasteiger partial charge in [0, 0.05) is 37.3 Å². The maximum Gasteiger partial charge on any atom is 0.0126 e. The van der Waals surface area contributed by atoms with Crippen molar-refractivity contribution < 1.29 is 0 Å². The maximum absolute atomic E-state index is 3.35. The molecule has 2 heterocycles. The van der Waals surface area contributed by atoms with Crippen molar-refractivity contribution in [3.05, 3.63) is 0 Å². The lowest BCUT2D eigenvalue weighted by Crippen LogP contribution is -2.51. The monoisotopic (exact) mass is 315 g/mol. The van der Waals surface area contributed by atoms with Crippen LogP contribution in [0.15, 0.2) is 0 Å². The van der Waals surface area contributed by atoms with Gasteiger partial charge in [-0.3, -0.25) is 9.80 Å². The zero-order valence-corrected chi connectivity index (χ0v) is 17.3. The maximum atomic E-state index is 3.35. The predicted octanol–water partition coefficient (Wildman–Crippen LogP) is 4.23. The fourth-order valence-corrected chi connectivity index (χ4v) is 2.32. The zero-order valence-electron chi connectivity index (χ0n) is 17.3. The highest BCUT2D eigenvalue weighted by molar-refractivity contribution is 4.82. The smallest absolute Gasteiger partial charge is 0.0126 e. The Hall–Kier alpha value is -0.120. The Morgan fingerprint density at radius 1 is 0.591 bits per heavy atom. The van der Waals surface area contributed by atoms with E-state index < -0.39 is 0 Å². The van der Waals surface area contributed by atoms with Gasteiger partial charge in [0.15, 0.2) is 0 Å². The molecule has 3 nitrogen and oxygen atoms in total. The topological polar surface area (TPSA) is 18.5 Å². The molecule has 2 aliphatic rings. The van der Waals surface area contributed by atoms with Crippen LogP contribution in [0.3, 0.4) is 0 Å². The molecule has 0 aromatic carbocycles. The lowest BCUT2D eigenvalue weighted by Gasteiger charge is -2.42. The molecule has 0 bridgehead atoms. The number of hydrogen-bond acceptors (Lipinski definition) is 3. The summed E-state index contributed by atoms with van der Waals surface area (Å²) >= 11 is 0. The van der Waals surface area contributed by atoms with Gasteiger partial charge >= 0.3 is 0 Å². The highest BCUT2D eigenvalue weighted by Crippen LogP contribution is 2.19. The third-order valence-corrected chi connectivity index (χ3v) is 3.87. The van der Waals surface area contributed by atoms with Crippen LogP contribution < -0.4 is 5.32 Å². The second-order valence-corrected chi connectivity index (χ2v) is 7.42. The summed E-state index contributed by atoms with van der Waals surface area (Å²) in [5.74, 6) is 0. The van der Waals surface area contributed by atoms with E-state index >= 15 is 0 Å². The zero-order chi connectivity index (χ0) is 17.8. The largest absolute Gasteiger partial charge is 0.314 e. The summed E-state index contributed by atoms with van der Waals surface area (Å²) in [6.45, 7) is 29.0. The number of hydrogen-bond donors (Lipinski definition) is 1. The van der Waals surface area contributed by atoms with Crippen molar-refractivity contribution in [2.75, 3.05) is 39.3 Å². The first kappa shape index (κ1) is 24.1. The number of likely N-dealkylation sites (tertiary alicyclic amines) is 1. The molecule has 3 heteroatoms. The summed E-state index contributed by atoms with van der Waals surface area (Å²) in [7, 11) is 0. The first-order chi connectivity index (χ1) is 10.2. The molecule has 2 fully saturated rings. The Morgan fingerprint density at radius 3 is 1.05 bits per heavy atom. The lowest BCUT2D eigenvalue weighted by molar-refractivity contribution is 0.0690. The molecule has 136 valence electrons. The molecule has 2 aliphatic heterocycles. The van der Waals surface area contributed by atoms with Crippen LogP contribution in [0.4, 0.5) is 0 Å². The van der Waals surface area contributed by atoms with Crippen LogP contribution in [0.25, 0.3) is 0 Å². The van der Waals surface area contributed by atoms with E-state index in [1.165, 1.54) is 32.6 Å². The molecule has 22 heavy (non-hydrogen) atoms. The molecule has 0 radical (unpaired) electrons. The van der Waals surface area contributed by atoms with Gasteiger partial charge in [-0.2, -0.15) is 0 Å². The van der Waals surface area contributed by atoms with Crippen LogP contribution in [0, 0.1) is 0 Å². The van der Waals surface area contributed by atoms with Crippen LogP contribution in [0.1, 0.15) is 75.7 Å². The minimum Gasteiger partial charge on any atom is -0.314 e. The van der Waals surface area contributed by atoms with Gasteiger partial charge in [0.05, 0.1) is 0 Å². The summed E-state index contributed by atoms with van der Waals surface area (Å²) in [5.41, 5.74) is 0.792. The number of piperazine rings is 1. The Kier molecular flexibility index (Phi) is 13.5. The number of rotatable bonds is 0. The van der Waals surface area contributed by atoms with Gasteiger partial charge in [0.25, 0.3) is 0 Å². The van der Waals surface area contributed by atoms with Crippen molar-refractivity contribution in [1.82, 2.24) is 15.1 Å². The Morgan fingerprint density at radius 2 is 0.909 bits per heavy atom. The van der Waals surface area contributed by atoms with Crippen molar-refractivity contribution >= 4 is 0 Å². The van der Waals surface area contributed by atoms with Gasteiger partial charge < -0.3 is 5.32 Å². The standard InChI is InChI=1S/C8H18N2.C7H15N.2C2H6/c1-8(2,3)10-6-4-9-5-7-10;1-7(2,3)8-5-4-6-8;2*1-2/h9H,4-7H2,1-3H3;4-6H2,1-3H3;2*1-2H3. The summed E-state index contributed by atoms with van der Waals surface area (Å²) in [5, 5.41) is 3.35. The summed E-state index contributed by atoms with van der Waals surface area (Å²) < 4.78 is 0. The number of nitrogens with zero attached hydrogens (tertiary/aromatic N) is 2. The lowest BCUT2D eigenvalue weighted by atomic mass is 10.0. The fourth-order valence-electron chi connectivity index (χ4n) is 2.32. The SMILES string of the molecule is CC.CC.CC(C)(C)N1CCC1.CC(C)(C)N1CCNCC1. The van der Waals surface area contributed by atoms with Crippen LogP contribution in [0.5, 0.6) is 0 Å². The van der Waals surface area contributed by atoms with Crippen LogP contribution in [-0.2, 0) is 0 Å². The molecule has 0 saturated carbocycles. The molecule has 0 aromatic heterocycles. The first-order valence-electron chi connectivity index (χ1n) is 9.42. The molecule has 0 aliphatic carbocycles. The normalized spacial score (nSPS) is 19.4. The van der Waals surface area contributed by atoms with Crippen molar-refractivity contribution in [2.24, 2.45) is 0 Å². The molecular formula is C19H45N3. The van der Waals surface area contributed by atoms with Crippen LogP contribution in [-0.4, -0.2) is 60.1 Å². The molecule has 0 amide bonds. The summed E-state index contributed by atoms with van der Waals surface area (Å²) in [6, 6.07) is 0. The quantitative estimate of drug-likeness (QED) is 0.721. The van der Waals surface area contributed by atoms with Crippen molar-refractivity contribution in [3.63, 3.8) is 0 Å². The molecule has 1 N–H and O–H groups in total. The minimum atomic E-state index is 0.363. The minimum absolute atomic E-state index is 0.363. The molecule has 2 rings (SSSR count). The Labute approximate surface area is 141 Å². The summed E-state index contributed by atoms with van der Waals surface area (Å²) in [4.78, 5) is 5.01. The van der Waals surface area contributed by atoms with Crippen molar-refractivity contribution in [3.8, 4) is 0 Å². The van der Waals surface area contributed by atoms with E-state index in [4.69, 9.17) is 0 Å². The van der Waals surface area contributed by atoms with Gasteiger partial charge in [-0.05, 0) is 61.1 Å². The van der Waals surface area contributed by atoms with Crippen molar-refractivity contribution in [1.29, 1.82) is 0 Å². The van der Waals surface area contributed by atoms with E-state index in [0.29, 0.717) is 11.1 Å². The van der Waals surface area contributed by atoms with E-state index in [1.807, 2.05) is 27.7 Å². The predicted molar refractivity (Wildman–Crippen MR) is 103 cm³/mol. The van der Waals surface area contributed by atoms with E-state index in [0.717, 1.165) is 13.1 Å². The molecule has 0 unspecified atom stereocenters. The molecule has 2 saturated heterocycles. The first-order valence-corrected chi connectivity index (χ1v) is 9.42. The van der Waals surface area contributed by atoms with Gasteiger partial charge in [0.1, 0.15) is 0 Å². The third kappa shape index (κ3) is 10.6. The van der Waals surface area contributed by atoms with Crippen LogP contribution in [0.2, 0.25) is 0 Å². The van der Waals surface area contributed by atoms with Gasteiger partial charge in [0.2, 0.25) is 0 Å². The van der Waals surface area contributed by atoms with E-state index in [9.17, 15) is 0 Å². The Balaban J connectivity index is 0. The van der Waals surface area contributed by atoms with Gasteiger partial charge in [-0.15, -0.1) is 0 Å². The van der Waals surface area contributed by atoms with Gasteiger partial charge in [-0.1, -0.05) is 27.7 Å². The third-order valence-electron chi connectivity index (χ3n) is 3.87. The molecule has 0 spiro atoms. The van der Waals surface area contributed by atoms with Crippen molar-refractivity contribution in [2.45, 2.75) is 86.7 Å². The second kappa shape index (κ2) is 12.3. The Bertz CT molecular complexity index is 228. The van der Waals surface area contributed by atoms with E-state index in [2.05, 4.69) is 56.7 Å². The molecule has 0 atom stereocenters. The highest BCUT2D eigenvalue weighted by atomic mass is 15.2. The van der Waals surface area contributed by atoms with E-state index in [1.54, 1.807) is 0 Å². The van der Waals surface area contributed by atoms with Crippen LogP contribution >= 0.6 is 0 Å². The van der Waals surface area contributed by atoms with E-state index in [-0.39, 0.29) is 0 Å². The number of nitrogens with one attached hydrogen (secondary N) is 1. The fraction of sp³-hybridized carbons (Fsp3) is 1.00. The highest BCUT2D eigenvalue weighted by Gasteiger charge is 2.25. The average molecular weight is 316 g/mol. The van der Waals surface area contributed by atoms with Gasteiger partial charge in [-0.25, -0.2) is 0 Å². The second-order valence-electron chi connectivity index (χ2n) is 7.42. The summed E-state index contributed by atoms with van der Waals surface area (Å²) in [6.07, 6.45) is 1.40. The molecular weight excluding hydrogens is 270 g/mol. The molecule has 0 aromatic rings.